The van der Waals surface area contributed by atoms with Gasteiger partial charge in [-0.05, 0) is 62.0 Å². The zero-order valence-electron chi connectivity index (χ0n) is 21.3. The van der Waals surface area contributed by atoms with Gasteiger partial charge in [0, 0.05) is 37.1 Å². The Labute approximate surface area is 218 Å². The van der Waals surface area contributed by atoms with Crippen molar-refractivity contribution in [2.24, 2.45) is 0 Å². The van der Waals surface area contributed by atoms with Gasteiger partial charge in [-0.3, -0.25) is 9.59 Å². The number of carbonyl (C=O) groups is 2. The van der Waals surface area contributed by atoms with Crippen molar-refractivity contribution in [1.29, 1.82) is 0 Å². The van der Waals surface area contributed by atoms with Crippen LogP contribution in [-0.2, 0) is 25.7 Å². The Morgan fingerprint density at radius 1 is 0.946 bits per heavy atom. The summed E-state index contributed by atoms with van der Waals surface area (Å²) in [5.74, 6) is -0.986. The molecule has 3 N–H and O–H groups in total. The van der Waals surface area contributed by atoms with Gasteiger partial charge in [0.25, 0.3) is 0 Å². The maximum Gasteiger partial charge on any atom is 0.303 e. The number of nitrogens with one attached hydrogen (secondary N) is 1. The van der Waals surface area contributed by atoms with Crippen LogP contribution in [0.25, 0.3) is 0 Å². The van der Waals surface area contributed by atoms with Crippen LogP contribution in [0.4, 0.5) is 5.69 Å². The van der Waals surface area contributed by atoms with Crippen LogP contribution < -0.4 is 5.32 Å². The third kappa shape index (κ3) is 8.36. The molecule has 0 bridgehead atoms. The number of hydrogen-bond acceptors (Lipinski definition) is 6. The SMILES string of the molecule is O=C(O)CCCCC(=O)Nc1cccc(C2OC(CN3CCCCC3)CC(c3ccc(CO)cc3)O2)c1. The average Bonchev–Trinajstić information content (AvgIpc) is 2.91. The number of likely N-dealkylation sites (tertiary alicyclic amines) is 1. The number of carboxylic acid groups (broad SMARTS) is 1. The third-order valence-electron chi connectivity index (χ3n) is 7.01. The zero-order chi connectivity index (χ0) is 26.0. The summed E-state index contributed by atoms with van der Waals surface area (Å²) in [4.78, 5) is 25.5. The van der Waals surface area contributed by atoms with Crippen molar-refractivity contribution in [2.45, 2.75) is 76.5 Å². The number of aliphatic carboxylic acids is 1. The Balaban J connectivity index is 1.44. The number of unbranched alkanes of at least 4 members (excludes halogenated alkanes) is 1. The topological polar surface area (TPSA) is 108 Å². The number of piperidine rings is 1. The maximum atomic E-state index is 12.4. The molecule has 2 aliphatic heterocycles. The second kappa shape index (κ2) is 13.7. The highest BCUT2D eigenvalue weighted by molar-refractivity contribution is 5.90. The molecule has 0 radical (unpaired) electrons. The normalized spacial score (nSPS) is 22.5. The first-order valence-electron chi connectivity index (χ1n) is 13.3. The number of anilines is 1. The van der Waals surface area contributed by atoms with Gasteiger partial charge < -0.3 is 29.9 Å². The Kier molecular flexibility index (Phi) is 10.1. The standard InChI is InChI=1S/C29H38N2O6/c32-20-21-11-13-22(14-12-21)26-18-25(19-31-15-4-1-5-16-31)36-29(37-26)23-7-6-8-24(17-23)30-27(33)9-2-3-10-28(34)35/h6-8,11-14,17,25-26,29,32H,1-5,9-10,15-16,18-20H2,(H,30,33)(H,34,35). The van der Waals surface area contributed by atoms with Crippen molar-refractivity contribution in [3.05, 3.63) is 65.2 Å². The van der Waals surface area contributed by atoms with Gasteiger partial charge in [0.1, 0.15) is 0 Å². The predicted molar refractivity (Wildman–Crippen MR) is 140 cm³/mol. The lowest BCUT2D eigenvalue weighted by atomic mass is 9.99. The van der Waals surface area contributed by atoms with Gasteiger partial charge in [0.2, 0.25) is 5.91 Å². The molecule has 4 rings (SSSR count). The molecule has 2 heterocycles. The molecule has 2 aliphatic rings. The number of amides is 1. The lowest BCUT2D eigenvalue weighted by Gasteiger charge is -2.39. The molecule has 2 aromatic rings. The molecule has 3 unspecified atom stereocenters. The number of benzene rings is 2. The number of aliphatic hydroxyl groups excluding tert-OH is 1. The van der Waals surface area contributed by atoms with E-state index >= 15 is 0 Å². The number of rotatable bonds is 11. The van der Waals surface area contributed by atoms with Crippen LogP contribution in [0, 0.1) is 0 Å². The van der Waals surface area contributed by atoms with Crippen LogP contribution in [0.5, 0.6) is 0 Å². The van der Waals surface area contributed by atoms with E-state index in [1.165, 1.54) is 19.3 Å². The highest BCUT2D eigenvalue weighted by Gasteiger charge is 2.33. The van der Waals surface area contributed by atoms with E-state index < -0.39 is 12.3 Å². The van der Waals surface area contributed by atoms with Gasteiger partial charge in [-0.25, -0.2) is 0 Å². The molecule has 2 aromatic carbocycles. The molecule has 0 saturated carbocycles. The molecule has 37 heavy (non-hydrogen) atoms. The molecule has 2 saturated heterocycles. The summed E-state index contributed by atoms with van der Waals surface area (Å²) in [6, 6.07) is 15.4. The van der Waals surface area contributed by atoms with Crippen LogP contribution in [0.1, 0.15) is 80.5 Å². The molecular weight excluding hydrogens is 472 g/mol. The number of carbonyl (C=O) groups excluding carboxylic acids is 1. The summed E-state index contributed by atoms with van der Waals surface area (Å²) < 4.78 is 12.9. The van der Waals surface area contributed by atoms with Crippen LogP contribution in [0.3, 0.4) is 0 Å². The monoisotopic (exact) mass is 510 g/mol. The highest BCUT2D eigenvalue weighted by atomic mass is 16.7. The van der Waals surface area contributed by atoms with Gasteiger partial charge in [-0.1, -0.05) is 42.8 Å². The molecule has 1 amide bonds. The lowest BCUT2D eigenvalue weighted by molar-refractivity contribution is -0.253. The summed E-state index contributed by atoms with van der Waals surface area (Å²) in [6.45, 7) is 3.05. The second-order valence-electron chi connectivity index (χ2n) is 9.99. The van der Waals surface area contributed by atoms with Crippen LogP contribution >= 0.6 is 0 Å². The summed E-state index contributed by atoms with van der Waals surface area (Å²) in [5.41, 5.74) is 3.42. The van der Waals surface area contributed by atoms with Gasteiger partial charge in [-0.15, -0.1) is 0 Å². The van der Waals surface area contributed by atoms with Crippen LogP contribution in [-0.4, -0.2) is 52.7 Å². The van der Waals surface area contributed by atoms with E-state index in [-0.39, 0.29) is 37.6 Å². The maximum absolute atomic E-state index is 12.4. The number of carboxylic acids is 1. The van der Waals surface area contributed by atoms with Crippen molar-refractivity contribution in [2.75, 3.05) is 25.0 Å². The van der Waals surface area contributed by atoms with Crippen LogP contribution in [0.2, 0.25) is 0 Å². The first-order chi connectivity index (χ1) is 18.0. The smallest absolute Gasteiger partial charge is 0.303 e. The number of aliphatic hydroxyl groups is 1. The fraction of sp³-hybridized carbons (Fsp3) is 0.517. The molecule has 0 spiro atoms. The number of ether oxygens (including phenoxy) is 2. The fourth-order valence-electron chi connectivity index (χ4n) is 5.01. The molecular formula is C29H38N2O6. The second-order valence-corrected chi connectivity index (χ2v) is 9.99. The van der Waals surface area contributed by atoms with Gasteiger partial charge in [-0.2, -0.15) is 0 Å². The Morgan fingerprint density at radius 3 is 2.43 bits per heavy atom. The van der Waals surface area contributed by atoms with Crippen molar-refractivity contribution in [1.82, 2.24) is 4.90 Å². The van der Waals surface area contributed by atoms with Gasteiger partial charge in [0.15, 0.2) is 6.29 Å². The van der Waals surface area contributed by atoms with E-state index in [0.29, 0.717) is 18.5 Å². The quantitative estimate of drug-likeness (QED) is 0.373. The van der Waals surface area contributed by atoms with Crippen LogP contribution in [0.15, 0.2) is 48.5 Å². The molecule has 8 nitrogen and oxygen atoms in total. The Hall–Kier alpha value is -2.78. The Bertz CT molecular complexity index is 1020. The van der Waals surface area contributed by atoms with Crippen molar-refractivity contribution < 1.29 is 29.3 Å². The largest absolute Gasteiger partial charge is 0.481 e. The first-order valence-corrected chi connectivity index (χ1v) is 13.3. The van der Waals surface area contributed by atoms with Crippen molar-refractivity contribution in [3.8, 4) is 0 Å². The van der Waals surface area contributed by atoms with E-state index in [1.54, 1.807) is 0 Å². The summed E-state index contributed by atoms with van der Waals surface area (Å²) in [6.07, 6.45) is 5.11. The molecule has 0 aromatic heterocycles. The van der Waals surface area contributed by atoms with E-state index in [0.717, 1.165) is 42.7 Å². The Morgan fingerprint density at radius 2 is 1.70 bits per heavy atom. The van der Waals surface area contributed by atoms with E-state index in [4.69, 9.17) is 14.6 Å². The average molecular weight is 511 g/mol. The number of nitrogens with zero attached hydrogens (tertiary/aromatic N) is 1. The summed E-state index contributed by atoms with van der Waals surface area (Å²) in [7, 11) is 0. The van der Waals surface area contributed by atoms with E-state index in [9.17, 15) is 14.7 Å². The molecule has 8 heteroatoms. The molecule has 0 aliphatic carbocycles. The molecule has 2 fully saturated rings. The predicted octanol–water partition coefficient (Wildman–Crippen LogP) is 4.79. The minimum absolute atomic E-state index is 0.00634. The zero-order valence-corrected chi connectivity index (χ0v) is 21.3. The minimum atomic E-state index is -0.846. The van der Waals surface area contributed by atoms with E-state index in [1.807, 2.05) is 48.5 Å². The van der Waals surface area contributed by atoms with Crippen molar-refractivity contribution >= 4 is 17.6 Å². The fourth-order valence-corrected chi connectivity index (χ4v) is 5.01. The van der Waals surface area contributed by atoms with Crippen molar-refractivity contribution in [3.63, 3.8) is 0 Å². The third-order valence-corrected chi connectivity index (χ3v) is 7.01. The van der Waals surface area contributed by atoms with Gasteiger partial charge in [0.05, 0.1) is 18.8 Å². The first kappa shape index (κ1) is 27.3. The highest BCUT2D eigenvalue weighted by Crippen LogP contribution is 2.38. The summed E-state index contributed by atoms with van der Waals surface area (Å²) >= 11 is 0. The number of hydrogen-bond donors (Lipinski definition) is 3. The molecule has 3 atom stereocenters. The lowest BCUT2D eigenvalue weighted by Crippen LogP contribution is -2.41. The molecule has 200 valence electrons. The van der Waals surface area contributed by atoms with E-state index in [2.05, 4.69) is 10.2 Å². The minimum Gasteiger partial charge on any atom is -0.481 e. The van der Waals surface area contributed by atoms with Gasteiger partial charge >= 0.3 is 5.97 Å². The summed E-state index contributed by atoms with van der Waals surface area (Å²) in [5, 5.41) is 21.1.